The summed E-state index contributed by atoms with van der Waals surface area (Å²) in [6.07, 6.45) is 0.915. The molecular formula is C12H12N2O4S. The first kappa shape index (κ1) is 12.2. The lowest BCUT2D eigenvalue weighted by molar-refractivity contribution is -0.138. The summed E-state index contributed by atoms with van der Waals surface area (Å²) >= 11 is 1.31. The van der Waals surface area contributed by atoms with Crippen molar-refractivity contribution in [3.8, 4) is 0 Å². The number of carboxylic acids is 1. The molecule has 0 atom stereocenters. The van der Waals surface area contributed by atoms with E-state index in [-0.39, 0.29) is 12.0 Å². The third-order valence-corrected chi connectivity index (χ3v) is 4.61. The first-order chi connectivity index (χ1) is 8.94. The van der Waals surface area contributed by atoms with Crippen LogP contribution in [0.5, 0.6) is 0 Å². The molecule has 1 aliphatic carbocycles. The Bertz CT molecular complexity index is 794. The van der Waals surface area contributed by atoms with Crippen LogP contribution in [0.3, 0.4) is 0 Å². The molecular weight excluding hydrogens is 268 g/mol. The van der Waals surface area contributed by atoms with Gasteiger partial charge in [-0.05, 0) is 30.7 Å². The number of carboxylic acid groups (broad SMARTS) is 1. The molecule has 0 radical (unpaired) electrons. The van der Waals surface area contributed by atoms with Crippen LogP contribution in [0, 0.1) is 6.92 Å². The molecule has 7 heteroatoms. The number of hydrogen-bond acceptors (Lipinski definition) is 4. The number of H-pyrrole nitrogens is 1. The molecule has 0 amide bonds. The molecule has 100 valence electrons. The maximum Gasteiger partial charge on any atom is 0.329 e. The summed E-state index contributed by atoms with van der Waals surface area (Å²) in [5.74, 6) is -0.995. The number of hydrogen-bond donors (Lipinski definition) is 2. The second-order valence-electron chi connectivity index (χ2n) is 4.99. The lowest BCUT2D eigenvalue weighted by atomic mass is 10.1. The number of nitrogens with one attached hydrogen (secondary N) is 1. The van der Waals surface area contributed by atoms with Crippen molar-refractivity contribution in [2.45, 2.75) is 31.7 Å². The number of fused-ring (bicyclic) bond motifs is 1. The van der Waals surface area contributed by atoms with Crippen LogP contribution in [-0.2, 0) is 10.3 Å². The van der Waals surface area contributed by atoms with Gasteiger partial charge in [0.15, 0.2) is 0 Å². The zero-order chi connectivity index (χ0) is 13.8. The van der Waals surface area contributed by atoms with Gasteiger partial charge in [0.2, 0.25) is 0 Å². The SMILES string of the molecule is Cc1csc2[nH]c(=O)n(C3(CC(=O)O)CC3)c(=O)c12. The van der Waals surface area contributed by atoms with Gasteiger partial charge < -0.3 is 5.11 Å². The Hall–Kier alpha value is -1.89. The molecule has 0 aromatic carbocycles. The van der Waals surface area contributed by atoms with Crippen molar-refractivity contribution >= 4 is 27.5 Å². The van der Waals surface area contributed by atoms with Gasteiger partial charge in [-0.25, -0.2) is 4.79 Å². The van der Waals surface area contributed by atoms with Gasteiger partial charge in [-0.1, -0.05) is 0 Å². The van der Waals surface area contributed by atoms with Crippen molar-refractivity contribution < 1.29 is 9.90 Å². The predicted octanol–water partition coefficient (Wildman–Crippen LogP) is 1.02. The maximum atomic E-state index is 12.5. The van der Waals surface area contributed by atoms with Crippen LogP contribution in [0.4, 0.5) is 0 Å². The van der Waals surface area contributed by atoms with E-state index in [1.807, 2.05) is 5.38 Å². The van der Waals surface area contributed by atoms with E-state index in [0.29, 0.717) is 23.1 Å². The van der Waals surface area contributed by atoms with E-state index in [9.17, 15) is 14.4 Å². The molecule has 1 aliphatic rings. The van der Waals surface area contributed by atoms with E-state index in [4.69, 9.17) is 5.11 Å². The molecule has 2 heterocycles. The van der Waals surface area contributed by atoms with Gasteiger partial charge in [0.1, 0.15) is 4.83 Å². The molecule has 0 bridgehead atoms. The summed E-state index contributed by atoms with van der Waals surface area (Å²) in [7, 11) is 0. The van der Waals surface area contributed by atoms with Crippen LogP contribution < -0.4 is 11.2 Å². The van der Waals surface area contributed by atoms with Gasteiger partial charge in [-0.3, -0.25) is 19.1 Å². The first-order valence-electron chi connectivity index (χ1n) is 5.90. The van der Waals surface area contributed by atoms with E-state index in [1.165, 1.54) is 11.3 Å². The molecule has 2 N–H and O–H groups in total. The van der Waals surface area contributed by atoms with Crippen molar-refractivity contribution in [2.75, 3.05) is 0 Å². The van der Waals surface area contributed by atoms with Crippen molar-refractivity contribution in [1.82, 2.24) is 9.55 Å². The zero-order valence-electron chi connectivity index (χ0n) is 10.2. The average molecular weight is 280 g/mol. The summed E-state index contributed by atoms with van der Waals surface area (Å²) in [4.78, 5) is 38.6. The molecule has 0 aliphatic heterocycles. The van der Waals surface area contributed by atoms with Crippen LogP contribution in [0.25, 0.3) is 10.2 Å². The Morgan fingerprint density at radius 2 is 2.21 bits per heavy atom. The van der Waals surface area contributed by atoms with Crippen LogP contribution in [0.15, 0.2) is 15.0 Å². The third-order valence-electron chi connectivity index (χ3n) is 3.60. The Balaban J connectivity index is 2.30. The van der Waals surface area contributed by atoms with E-state index in [1.54, 1.807) is 6.92 Å². The molecule has 19 heavy (non-hydrogen) atoms. The topological polar surface area (TPSA) is 92.2 Å². The highest BCUT2D eigenvalue weighted by molar-refractivity contribution is 7.16. The number of aromatic nitrogens is 2. The molecule has 1 saturated carbocycles. The summed E-state index contributed by atoms with van der Waals surface area (Å²) in [5.41, 5.74) is -0.922. The van der Waals surface area contributed by atoms with Crippen molar-refractivity contribution in [1.29, 1.82) is 0 Å². The van der Waals surface area contributed by atoms with E-state index in [0.717, 1.165) is 10.1 Å². The van der Waals surface area contributed by atoms with E-state index >= 15 is 0 Å². The smallest absolute Gasteiger partial charge is 0.329 e. The zero-order valence-corrected chi connectivity index (χ0v) is 11.0. The van der Waals surface area contributed by atoms with Crippen LogP contribution in [0.2, 0.25) is 0 Å². The summed E-state index contributed by atoms with van der Waals surface area (Å²) < 4.78 is 1.10. The Labute approximate surface area is 111 Å². The minimum absolute atomic E-state index is 0.190. The molecule has 1 fully saturated rings. The Morgan fingerprint density at radius 1 is 1.53 bits per heavy atom. The normalized spacial score (nSPS) is 16.7. The van der Waals surface area contributed by atoms with Gasteiger partial charge in [-0.15, -0.1) is 11.3 Å². The van der Waals surface area contributed by atoms with Crippen LogP contribution in [0.1, 0.15) is 24.8 Å². The number of aromatic amines is 1. The second-order valence-corrected chi connectivity index (χ2v) is 5.87. The van der Waals surface area contributed by atoms with Crippen molar-refractivity contribution in [3.05, 3.63) is 31.8 Å². The first-order valence-corrected chi connectivity index (χ1v) is 6.78. The highest BCUT2D eigenvalue weighted by atomic mass is 32.1. The number of aliphatic carboxylic acids is 1. The Kier molecular flexibility index (Phi) is 2.43. The fourth-order valence-corrected chi connectivity index (χ4v) is 3.42. The monoisotopic (exact) mass is 280 g/mol. The molecule has 2 aromatic rings. The number of aryl methyl sites for hydroxylation is 1. The van der Waals surface area contributed by atoms with Crippen LogP contribution in [-0.4, -0.2) is 20.6 Å². The molecule has 2 aromatic heterocycles. The standard InChI is InChI=1S/C12H12N2O4S/c1-6-5-19-9-8(6)10(17)14(11(18)13-9)12(2-3-12)4-7(15)16/h5H,2-4H2,1H3,(H,13,18)(H,15,16). The molecule has 0 unspecified atom stereocenters. The average Bonchev–Trinajstić information content (AvgIpc) is 2.95. The van der Waals surface area contributed by atoms with E-state index < -0.39 is 17.2 Å². The van der Waals surface area contributed by atoms with Crippen molar-refractivity contribution in [3.63, 3.8) is 0 Å². The summed E-state index contributed by atoms with van der Waals surface area (Å²) in [6.45, 7) is 1.81. The minimum Gasteiger partial charge on any atom is -0.481 e. The van der Waals surface area contributed by atoms with Crippen LogP contribution >= 0.6 is 11.3 Å². The number of carbonyl (C=O) groups is 1. The molecule has 0 saturated heterocycles. The quantitative estimate of drug-likeness (QED) is 0.878. The third kappa shape index (κ3) is 1.73. The van der Waals surface area contributed by atoms with Gasteiger partial charge in [0, 0.05) is 0 Å². The van der Waals surface area contributed by atoms with Gasteiger partial charge in [-0.2, -0.15) is 0 Å². The highest BCUT2D eigenvalue weighted by Gasteiger charge is 2.48. The largest absolute Gasteiger partial charge is 0.481 e. The summed E-state index contributed by atoms with van der Waals surface area (Å²) in [5, 5.41) is 11.2. The predicted molar refractivity (Wildman–Crippen MR) is 70.9 cm³/mol. The number of nitrogens with zero attached hydrogens (tertiary/aromatic N) is 1. The minimum atomic E-state index is -0.995. The van der Waals surface area contributed by atoms with Gasteiger partial charge in [0.05, 0.1) is 17.3 Å². The number of rotatable bonds is 3. The molecule has 0 spiro atoms. The fraction of sp³-hybridized carbons (Fsp3) is 0.417. The second kappa shape index (κ2) is 3.80. The van der Waals surface area contributed by atoms with Crippen molar-refractivity contribution in [2.24, 2.45) is 0 Å². The van der Waals surface area contributed by atoms with Gasteiger partial charge in [0.25, 0.3) is 5.56 Å². The number of thiophene rings is 1. The molecule has 3 rings (SSSR count). The fourth-order valence-electron chi connectivity index (χ4n) is 2.50. The Morgan fingerprint density at radius 3 is 2.79 bits per heavy atom. The lowest BCUT2D eigenvalue weighted by Crippen LogP contribution is -2.43. The van der Waals surface area contributed by atoms with E-state index in [2.05, 4.69) is 4.98 Å². The highest BCUT2D eigenvalue weighted by Crippen LogP contribution is 2.45. The molecule has 6 nitrogen and oxygen atoms in total. The summed E-state index contributed by atoms with van der Waals surface area (Å²) in [6, 6.07) is 0. The van der Waals surface area contributed by atoms with Gasteiger partial charge >= 0.3 is 11.7 Å². The lowest BCUT2D eigenvalue weighted by Gasteiger charge is -2.15. The maximum absolute atomic E-state index is 12.5.